The van der Waals surface area contributed by atoms with Crippen molar-refractivity contribution in [1.82, 2.24) is 24.2 Å². The Morgan fingerprint density at radius 2 is 1.90 bits per heavy atom. The van der Waals surface area contributed by atoms with Gasteiger partial charge in [-0.15, -0.1) is 0 Å². The Kier molecular flexibility index (Phi) is 7.74. The predicted molar refractivity (Wildman–Crippen MR) is 148 cm³/mol. The van der Waals surface area contributed by atoms with Gasteiger partial charge in [-0.3, -0.25) is 18.9 Å². The van der Waals surface area contributed by atoms with Gasteiger partial charge in [0.05, 0.1) is 36.8 Å². The summed E-state index contributed by atoms with van der Waals surface area (Å²) in [7, 11) is 2.98. The lowest BCUT2D eigenvalue weighted by Crippen LogP contribution is -2.47. The van der Waals surface area contributed by atoms with E-state index in [1.807, 2.05) is 29.2 Å². The van der Waals surface area contributed by atoms with E-state index >= 15 is 0 Å². The number of fused-ring (bicyclic) bond motifs is 1. The van der Waals surface area contributed by atoms with E-state index in [-0.39, 0.29) is 40.3 Å². The summed E-state index contributed by atoms with van der Waals surface area (Å²) < 4.78 is 22.4. The van der Waals surface area contributed by atoms with E-state index in [0.29, 0.717) is 38.0 Å². The molecule has 2 aromatic heterocycles. The minimum Gasteiger partial charge on any atom is -0.465 e. The van der Waals surface area contributed by atoms with Crippen LogP contribution >= 0.6 is 11.6 Å². The van der Waals surface area contributed by atoms with Gasteiger partial charge in [-0.05, 0) is 30.5 Å². The summed E-state index contributed by atoms with van der Waals surface area (Å²) in [4.78, 5) is 31.6. The molecular formula is C28H30ClFN6O4. The van der Waals surface area contributed by atoms with Crippen LogP contribution in [0.25, 0.3) is 22.3 Å². The lowest BCUT2D eigenvalue weighted by atomic mass is 9.91. The highest BCUT2D eigenvalue weighted by atomic mass is 35.5. The molecule has 4 aromatic rings. The number of carbonyl (C=O) groups is 1. The number of piperidine rings is 1. The molecule has 0 unspecified atom stereocenters. The summed E-state index contributed by atoms with van der Waals surface area (Å²) in [5.41, 5.74) is 7.84. The summed E-state index contributed by atoms with van der Waals surface area (Å²) in [5, 5.41) is 15.9. The summed E-state index contributed by atoms with van der Waals surface area (Å²) >= 11 is 6.27. The summed E-state index contributed by atoms with van der Waals surface area (Å²) in [6.45, 7) is 1.63. The fraction of sp³-hybridized carbons (Fsp3) is 0.357. The monoisotopic (exact) mass is 568 g/mol. The van der Waals surface area contributed by atoms with Crippen LogP contribution in [0.4, 0.5) is 4.39 Å². The number of halogens is 2. The van der Waals surface area contributed by atoms with Crippen LogP contribution < -0.4 is 11.3 Å². The molecule has 0 bridgehead atoms. The number of nitrogens with two attached hydrogens (primary N) is 1. The fourth-order valence-electron chi connectivity index (χ4n) is 5.15. The van der Waals surface area contributed by atoms with Gasteiger partial charge in [0, 0.05) is 49.4 Å². The minimum absolute atomic E-state index is 0.0438. The van der Waals surface area contributed by atoms with Crippen LogP contribution in [0.3, 0.4) is 0 Å². The number of aromatic nitrogens is 4. The van der Waals surface area contributed by atoms with E-state index < -0.39 is 17.4 Å². The van der Waals surface area contributed by atoms with Crippen molar-refractivity contribution in [3.63, 3.8) is 0 Å². The normalized spacial score (nSPS) is 15.4. The Labute approximate surface area is 234 Å². The summed E-state index contributed by atoms with van der Waals surface area (Å²) in [6, 6.07) is 10.2. The van der Waals surface area contributed by atoms with E-state index in [9.17, 15) is 19.1 Å². The van der Waals surface area contributed by atoms with Crippen molar-refractivity contribution in [1.29, 1.82) is 0 Å². The summed E-state index contributed by atoms with van der Waals surface area (Å²) in [6.07, 6.45) is 2.17. The smallest absolute Gasteiger partial charge is 0.338 e. The zero-order valence-corrected chi connectivity index (χ0v) is 23.0. The number of carbonyl (C=O) groups excluding carboxylic acids is 1. The average Bonchev–Trinajstić information content (AvgIpc) is 3.29. The van der Waals surface area contributed by atoms with E-state index in [2.05, 4.69) is 14.8 Å². The van der Waals surface area contributed by atoms with Gasteiger partial charge in [0.15, 0.2) is 5.52 Å². The lowest BCUT2D eigenvalue weighted by molar-refractivity contribution is -0.0366. The third-order valence-electron chi connectivity index (χ3n) is 7.47. The zero-order valence-electron chi connectivity index (χ0n) is 22.2. The van der Waals surface area contributed by atoms with Crippen LogP contribution in [0.1, 0.15) is 34.3 Å². The molecule has 3 heterocycles. The molecule has 1 saturated heterocycles. The van der Waals surface area contributed by atoms with E-state index in [4.69, 9.17) is 17.3 Å². The largest absolute Gasteiger partial charge is 0.465 e. The van der Waals surface area contributed by atoms with Crippen LogP contribution in [0.15, 0.2) is 47.5 Å². The van der Waals surface area contributed by atoms with Crippen molar-refractivity contribution in [2.24, 2.45) is 12.8 Å². The van der Waals surface area contributed by atoms with Gasteiger partial charge < -0.3 is 15.6 Å². The van der Waals surface area contributed by atoms with Gasteiger partial charge in [0.2, 0.25) is 0 Å². The number of rotatable bonds is 7. The molecule has 0 atom stereocenters. The van der Waals surface area contributed by atoms with Crippen LogP contribution in [0.5, 0.6) is 0 Å². The van der Waals surface area contributed by atoms with Crippen molar-refractivity contribution in [3.05, 3.63) is 80.6 Å². The third-order valence-corrected chi connectivity index (χ3v) is 7.81. The van der Waals surface area contributed by atoms with Gasteiger partial charge in [0.25, 0.3) is 5.56 Å². The number of methoxy groups -OCH3 is 1. The quantitative estimate of drug-likeness (QED) is 0.326. The second-order valence-electron chi connectivity index (χ2n) is 10.2. The molecular weight excluding hydrogens is 539 g/mol. The number of hydrogen-bond acceptors (Lipinski definition) is 8. The van der Waals surface area contributed by atoms with Crippen molar-refractivity contribution >= 4 is 28.6 Å². The van der Waals surface area contributed by atoms with E-state index in [1.54, 1.807) is 11.7 Å². The first-order valence-corrected chi connectivity index (χ1v) is 13.2. The molecule has 0 saturated carbocycles. The second kappa shape index (κ2) is 11.1. The van der Waals surface area contributed by atoms with E-state index in [1.165, 1.54) is 24.1 Å². The molecule has 0 aliphatic carbocycles. The molecule has 0 radical (unpaired) electrons. The number of benzene rings is 2. The standard InChI is InChI=1S/C28H30ClFN6O4/c1-34-25(18-5-3-17(13-31)4-6-18)23-24(33-34)26(37)36(16-32-23)15-28(39)7-9-35(10-8-28)14-20-21(29)11-19(12-22(20)30)27(38)40-2/h3-6,11-12,16,39H,7-10,13-15,31H2,1-2H3. The average molecular weight is 569 g/mol. The zero-order chi connectivity index (χ0) is 28.6. The highest BCUT2D eigenvalue weighted by Gasteiger charge is 2.34. The maximum absolute atomic E-state index is 14.7. The predicted octanol–water partition coefficient (Wildman–Crippen LogP) is 2.86. The molecule has 0 amide bonds. The Morgan fingerprint density at radius 3 is 2.52 bits per heavy atom. The molecule has 1 aliphatic heterocycles. The van der Waals surface area contributed by atoms with Crippen LogP contribution in [-0.2, 0) is 31.4 Å². The summed E-state index contributed by atoms with van der Waals surface area (Å²) in [5.74, 6) is -1.26. The molecule has 0 spiro atoms. The molecule has 1 fully saturated rings. The van der Waals surface area contributed by atoms with Gasteiger partial charge >= 0.3 is 5.97 Å². The van der Waals surface area contributed by atoms with Crippen LogP contribution in [0, 0.1) is 5.82 Å². The highest BCUT2D eigenvalue weighted by molar-refractivity contribution is 6.31. The second-order valence-corrected chi connectivity index (χ2v) is 10.6. The molecule has 2 aromatic carbocycles. The van der Waals surface area contributed by atoms with Crippen LogP contribution in [0.2, 0.25) is 5.02 Å². The molecule has 5 rings (SSSR count). The molecule has 10 nitrogen and oxygen atoms in total. The molecule has 210 valence electrons. The number of aliphatic hydroxyl groups is 1. The van der Waals surface area contributed by atoms with Crippen LogP contribution in [-0.4, -0.2) is 61.1 Å². The first kappa shape index (κ1) is 27.9. The molecule has 3 N–H and O–H groups in total. The maximum Gasteiger partial charge on any atom is 0.338 e. The van der Waals surface area contributed by atoms with Gasteiger partial charge in [-0.1, -0.05) is 35.9 Å². The van der Waals surface area contributed by atoms with Gasteiger partial charge in [-0.25, -0.2) is 14.2 Å². The van der Waals surface area contributed by atoms with Crippen molar-refractivity contribution in [2.75, 3.05) is 20.2 Å². The number of nitrogens with zero attached hydrogens (tertiary/aromatic N) is 5. The molecule has 12 heteroatoms. The van der Waals surface area contributed by atoms with Crippen molar-refractivity contribution in [2.45, 2.75) is 38.1 Å². The molecule has 1 aliphatic rings. The lowest BCUT2D eigenvalue weighted by Gasteiger charge is -2.38. The third kappa shape index (κ3) is 5.37. The Balaban J connectivity index is 1.30. The number of aryl methyl sites for hydroxylation is 1. The van der Waals surface area contributed by atoms with Gasteiger partial charge in [-0.2, -0.15) is 5.10 Å². The fourth-order valence-corrected chi connectivity index (χ4v) is 5.41. The number of ether oxygens (including phenoxy) is 1. The Bertz CT molecular complexity index is 1600. The SMILES string of the molecule is COC(=O)c1cc(F)c(CN2CCC(O)(Cn3cnc4c(-c5ccc(CN)cc5)n(C)nc4c3=O)CC2)c(Cl)c1. The maximum atomic E-state index is 14.7. The number of likely N-dealkylation sites (tertiary alicyclic amines) is 1. The first-order valence-electron chi connectivity index (χ1n) is 12.8. The minimum atomic E-state index is -1.15. The molecule has 40 heavy (non-hydrogen) atoms. The Hall–Kier alpha value is -3.64. The van der Waals surface area contributed by atoms with Crippen molar-refractivity contribution in [3.8, 4) is 11.3 Å². The topological polar surface area (TPSA) is 128 Å². The number of hydrogen-bond donors (Lipinski definition) is 2. The Morgan fingerprint density at radius 1 is 1.20 bits per heavy atom. The van der Waals surface area contributed by atoms with Crippen molar-refractivity contribution < 1.29 is 19.0 Å². The van der Waals surface area contributed by atoms with E-state index in [0.717, 1.165) is 22.9 Å². The highest BCUT2D eigenvalue weighted by Crippen LogP contribution is 2.29. The first-order chi connectivity index (χ1) is 19.1. The number of esters is 1. The van der Waals surface area contributed by atoms with Gasteiger partial charge in [0.1, 0.15) is 11.3 Å².